The molecule has 0 fully saturated rings. The molecule has 0 saturated carbocycles. The second kappa shape index (κ2) is 8.36. The van der Waals surface area contributed by atoms with Crippen molar-refractivity contribution in [2.75, 3.05) is 12.3 Å². The molecule has 0 unspecified atom stereocenters. The molecule has 0 saturated heterocycles. The summed E-state index contributed by atoms with van der Waals surface area (Å²) in [6.07, 6.45) is 0. The van der Waals surface area contributed by atoms with Crippen LogP contribution in [-0.2, 0) is 10.2 Å². The highest BCUT2D eigenvalue weighted by Gasteiger charge is 2.15. The average Bonchev–Trinajstić information content (AvgIpc) is 2.58. The lowest BCUT2D eigenvalue weighted by atomic mass is 9.87. The molecule has 0 radical (unpaired) electrons. The van der Waals surface area contributed by atoms with Crippen LogP contribution >= 0.6 is 15.9 Å². The van der Waals surface area contributed by atoms with E-state index in [1.165, 1.54) is 5.56 Å². The van der Waals surface area contributed by atoms with Gasteiger partial charge in [-0.05, 0) is 63.7 Å². The van der Waals surface area contributed by atoms with Gasteiger partial charge in [0.25, 0.3) is 5.91 Å². The van der Waals surface area contributed by atoms with Gasteiger partial charge in [0.2, 0.25) is 0 Å². The van der Waals surface area contributed by atoms with Crippen molar-refractivity contribution in [1.82, 2.24) is 5.43 Å². The van der Waals surface area contributed by atoms with Crippen molar-refractivity contribution in [3.63, 3.8) is 0 Å². The first-order valence-electron chi connectivity index (χ1n) is 8.28. The number of carbonyl (C=O) groups excluding carboxylic acids is 1. The minimum absolute atomic E-state index is 0.0484. The van der Waals surface area contributed by atoms with Crippen LogP contribution in [0, 0.1) is 0 Å². The molecule has 0 aliphatic heterocycles. The van der Waals surface area contributed by atoms with Crippen LogP contribution in [0.1, 0.15) is 38.8 Å². The van der Waals surface area contributed by atoms with Crippen LogP contribution in [0.15, 0.2) is 52.0 Å². The number of nitrogens with one attached hydrogen (secondary N) is 1. The predicted molar refractivity (Wildman–Crippen MR) is 110 cm³/mol. The Morgan fingerprint density at radius 2 is 1.85 bits per heavy atom. The van der Waals surface area contributed by atoms with Gasteiger partial charge in [0.1, 0.15) is 5.75 Å². The van der Waals surface area contributed by atoms with Gasteiger partial charge in [-0.3, -0.25) is 4.79 Å². The summed E-state index contributed by atoms with van der Waals surface area (Å²) in [6, 6.07) is 13.2. The topological polar surface area (TPSA) is 76.7 Å². The summed E-state index contributed by atoms with van der Waals surface area (Å²) in [5.74, 6) is 0.291. The minimum Gasteiger partial charge on any atom is -0.483 e. The van der Waals surface area contributed by atoms with E-state index in [1.807, 2.05) is 37.3 Å². The zero-order valence-electron chi connectivity index (χ0n) is 15.5. The van der Waals surface area contributed by atoms with Crippen LogP contribution in [-0.4, -0.2) is 18.2 Å². The maximum Gasteiger partial charge on any atom is 0.277 e. The Kier molecular flexibility index (Phi) is 6.42. The van der Waals surface area contributed by atoms with Crippen LogP contribution in [0.3, 0.4) is 0 Å². The van der Waals surface area contributed by atoms with Crippen molar-refractivity contribution < 1.29 is 9.53 Å². The van der Waals surface area contributed by atoms with Crippen molar-refractivity contribution >= 4 is 33.2 Å². The molecule has 138 valence electrons. The number of nitrogens with zero attached hydrogens (tertiary/aromatic N) is 1. The predicted octanol–water partition coefficient (Wildman–Crippen LogP) is 4.25. The van der Waals surface area contributed by atoms with E-state index >= 15 is 0 Å². The molecule has 2 aromatic carbocycles. The zero-order chi connectivity index (χ0) is 19.3. The van der Waals surface area contributed by atoms with E-state index in [1.54, 1.807) is 12.1 Å². The summed E-state index contributed by atoms with van der Waals surface area (Å²) < 4.78 is 6.39. The molecule has 0 spiro atoms. The van der Waals surface area contributed by atoms with Crippen molar-refractivity contribution in [3.05, 3.63) is 58.1 Å². The number of hydrogen-bond donors (Lipinski definition) is 2. The highest BCUT2D eigenvalue weighted by atomic mass is 79.9. The first kappa shape index (κ1) is 20.0. The molecule has 1 amide bonds. The number of carbonyl (C=O) groups is 1. The quantitative estimate of drug-likeness (QED) is 0.433. The first-order valence-corrected chi connectivity index (χ1v) is 9.08. The Morgan fingerprint density at radius 3 is 2.42 bits per heavy atom. The van der Waals surface area contributed by atoms with Crippen LogP contribution < -0.4 is 15.9 Å². The first-order chi connectivity index (χ1) is 12.2. The molecule has 0 atom stereocenters. The molecule has 6 heteroatoms. The number of benzene rings is 2. The van der Waals surface area contributed by atoms with E-state index in [0.717, 1.165) is 10.0 Å². The van der Waals surface area contributed by atoms with Crippen LogP contribution in [0.2, 0.25) is 0 Å². The number of amides is 1. The second-order valence-corrected chi connectivity index (χ2v) is 7.89. The van der Waals surface area contributed by atoms with Gasteiger partial charge < -0.3 is 10.5 Å². The summed E-state index contributed by atoms with van der Waals surface area (Å²) in [6.45, 7) is 8.12. The second-order valence-electron chi connectivity index (χ2n) is 7.04. The van der Waals surface area contributed by atoms with Gasteiger partial charge in [0.15, 0.2) is 6.61 Å². The van der Waals surface area contributed by atoms with Gasteiger partial charge in [-0.25, -0.2) is 5.43 Å². The van der Waals surface area contributed by atoms with Crippen molar-refractivity contribution in [2.45, 2.75) is 33.1 Å². The molecule has 0 aromatic heterocycles. The van der Waals surface area contributed by atoms with E-state index in [4.69, 9.17) is 10.5 Å². The Bertz CT molecular complexity index is 809. The lowest BCUT2D eigenvalue weighted by molar-refractivity contribution is -0.123. The molecular formula is C20H24BrN3O2. The van der Waals surface area contributed by atoms with Gasteiger partial charge in [-0.15, -0.1) is 0 Å². The number of rotatable bonds is 5. The number of hydrazone groups is 1. The molecule has 0 heterocycles. The molecular weight excluding hydrogens is 394 g/mol. The third kappa shape index (κ3) is 5.59. The van der Waals surface area contributed by atoms with Gasteiger partial charge in [0, 0.05) is 5.69 Å². The minimum atomic E-state index is -0.327. The molecule has 2 aromatic rings. The third-order valence-electron chi connectivity index (χ3n) is 3.83. The molecule has 2 rings (SSSR count). The van der Waals surface area contributed by atoms with Crippen molar-refractivity contribution in [1.29, 1.82) is 0 Å². The third-order valence-corrected chi connectivity index (χ3v) is 4.45. The van der Waals surface area contributed by atoms with Gasteiger partial charge in [-0.2, -0.15) is 5.10 Å². The summed E-state index contributed by atoms with van der Waals surface area (Å²) in [5, 5.41) is 4.09. The number of anilines is 1. The maximum atomic E-state index is 12.0. The molecule has 5 nitrogen and oxygen atoms in total. The van der Waals surface area contributed by atoms with Crippen LogP contribution in [0.4, 0.5) is 5.69 Å². The van der Waals surface area contributed by atoms with E-state index in [-0.39, 0.29) is 17.9 Å². The van der Waals surface area contributed by atoms with Gasteiger partial charge >= 0.3 is 0 Å². The SMILES string of the molecule is C/C(=N/NC(=O)COc1ccc(C(C)(C)C)cc1Br)c1ccc(N)cc1. The number of hydrogen-bond acceptors (Lipinski definition) is 4. The van der Waals surface area contributed by atoms with Crippen molar-refractivity contribution in [2.24, 2.45) is 5.10 Å². The van der Waals surface area contributed by atoms with E-state index in [9.17, 15) is 4.79 Å². The molecule has 3 N–H and O–H groups in total. The number of halogens is 1. The van der Waals surface area contributed by atoms with Crippen LogP contribution in [0.5, 0.6) is 5.75 Å². The molecule has 0 bridgehead atoms. The molecule has 26 heavy (non-hydrogen) atoms. The van der Waals surface area contributed by atoms with E-state index in [0.29, 0.717) is 17.1 Å². The highest BCUT2D eigenvalue weighted by molar-refractivity contribution is 9.10. The normalized spacial score (nSPS) is 12.0. The largest absolute Gasteiger partial charge is 0.483 e. The summed E-state index contributed by atoms with van der Waals surface area (Å²) in [5.41, 5.74) is 11.7. The fourth-order valence-electron chi connectivity index (χ4n) is 2.20. The van der Waals surface area contributed by atoms with Crippen molar-refractivity contribution in [3.8, 4) is 5.75 Å². The Labute approximate surface area is 162 Å². The Balaban J connectivity index is 1.92. The lowest BCUT2D eigenvalue weighted by Crippen LogP contribution is -2.25. The fraction of sp³-hybridized carbons (Fsp3) is 0.300. The summed E-state index contributed by atoms with van der Waals surface area (Å²) in [4.78, 5) is 12.0. The number of ether oxygens (including phenoxy) is 1. The summed E-state index contributed by atoms with van der Waals surface area (Å²) in [7, 11) is 0. The monoisotopic (exact) mass is 417 g/mol. The Morgan fingerprint density at radius 1 is 1.19 bits per heavy atom. The average molecular weight is 418 g/mol. The maximum absolute atomic E-state index is 12.0. The van der Waals surface area contributed by atoms with Gasteiger partial charge in [-0.1, -0.05) is 39.0 Å². The number of nitrogens with two attached hydrogens (primary N) is 1. The van der Waals surface area contributed by atoms with Crippen LogP contribution in [0.25, 0.3) is 0 Å². The highest BCUT2D eigenvalue weighted by Crippen LogP contribution is 2.31. The standard InChI is InChI=1S/C20H24BrN3O2/c1-13(14-5-8-16(22)9-6-14)23-24-19(25)12-26-18-10-7-15(11-17(18)21)20(2,3)4/h5-11H,12,22H2,1-4H3,(H,24,25)/b23-13-. The van der Waals surface area contributed by atoms with Gasteiger partial charge in [0.05, 0.1) is 10.2 Å². The number of nitrogen functional groups attached to an aromatic ring is 1. The Hall–Kier alpha value is -2.34. The van der Waals surface area contributed by atoms with E-state index in [2.05, 4.69) is 47.2 Å². The zero-order valence-corrected chi connectivity index (χ0v) is 17.1. The van der Waals surface area contributed by atoms with E-state index < -0.39 is 0 Å². The smallest absolute Gasteiger partial charge is 0.277 e. The molecule has 0 aliphatic rings. The summed E-state index contributed by atoms with van der Waals surface area (Å²) >= 11 is 3.49. The molecule has 0 aliphatic carbocycles. The lowest BCUT2D eigenvalue weighted by Gasteiger charge is -2.20. The fourth-order valence-corrected chi connectivity index (χ4v) is 2.69.